The summed E-state index contributed by atoms with van der Waals surface area (Å²) in [7, 11) is 0. The number of phenolic OH excluding ortho intramolecular Hbond substituents is 1. The summed E-state index contributed by atoms with van der Waals surface area (Å²) < 4.78 is 5.55. The predicted octanol–water partition coefficient (Wildman–Crippen LogP) is 3.41. The van der Waals surface area contributed by atoms with Crippen LogP contribution in [-0.4, -0.2) is 29.7 Å². The van der Waals surface area contributed by atoms with E-state index in [-0.39, 0.29) is 0 Å². The molecule has 1 saturated carbocycles. The number of fused-ring (bicyclic) bond motifs is 1. The summed E-state index contributed by atoms with van der Waals surface area (Å²) in [5.74, 6) is 2.95. The van der Waals surface area contributed by atoms with E-state index in [0.29, 0.717) is 12.4 Å². The fraction of sp³-hybridized carbons (Fsp3) is 0.647. The van der Waals surface area contributed by atoms with Crippen molar-refractivity contribution in [2.75, 3.05) is 19.7 Å². The van der Waals surface area contributed by atoms with E-state index in [1.807, 2.05) is 12.1 Å². The van der Waals surface area contributed by atoms with Crippen LogP contribution in [0.2, 0.25) is 0 Å². The highest BCUT2D eigenvalue weighted by Crippen LogP contribution is 2.38. The molecule has 0 radical (unpaired) electrons. The standard InChI is InChI=1S/C17H25NO2/c1-2-8-20-16-7-6-15(17(19)9-16)12-18-10-13-4-3-5-14(13)11-18/h6-7,9,13-14,19H,2-5,8,10-12H2,1H3. The molecule has 2 aliphatic rings. The Labute approximate surface area is 121 Å². The highest BCUT2D eigenvalue weighted by Gasteiger charge is 2.35. The van der Waals surface area contributed by atoms with Gasteiger partial charge in [-0.15, -0.1) is 0 Å². The first kappa shape index (κ1) is 13.7. The zero-order chi connectivity index (χ0) is 13.9. The summed E-state index contributed by atoms with van der Waals surface area (Å²) in [5.41, 5.74) is 1.02. The summed E-state index contributed by atoms with van der Waals surface area (Å²) in [6.45, 7) is 6.07. The maximum absolute atomic E-state index is 10.1. The van der Waals surface area contributed by atoms with Crippen LogP contribution in [0, 0.1) is 11.8 Å². The lowest BCUT2D eigenvalue weighted by molar-refractivity contribution is 0.295. The van der Waals surface area contributed by atoms with Gasteiger partial charge in [-0.2, -0.15) is 0 Å². The number of aromatic hydroxyl groups is 1. The van der Waals surface area contributed by atoms with Gasteiger partial charge in [-0.3, -0.25) is 4.90 Å². The molecule has 2 fully saturated rings. The summed E-state index contributed by atoms with van der Waals surface area (Å²) in [6.07, 6.45) is 5.20. The van der Waals surface area contributed by atoms with Gasteiger partial charge in [0.1, 0.15) is 11.5 Å². The molecule has 1 aliphatic heterocycles. The van der Waals surface area contributed by atoms with Crippen LogP contribution >= 0.6 is 0 Å². The molecule has 1 heterocycles. The molecular weight excluding hydrogens is 250 g/mol. The van der Waals surface area contributed by atoms with Crippen molar-refractivity contribution in [1.82, 2.24) is 4.90 Å². The molecule has 3 heteroatoms. The Kier molecular flexibility index (Phi) is 4.16. The van der Waals surface area contributed by atoms with Crippen LogP contribution < -0.4 is 4.74 Å². The normalized spacial score (nSPS) is 25.9. The van der Waals surface area contributed by atoms with Gasteiger partial charge in [0.15, 0.2) is 0 Å². The van der Waals surface area contributed by atoms with Gasteiger partial charge in [0.2, 0.25) is 0 Å². The second-order valence-corrected chi connectivity index (χ2v) is 6.28. The van der Waals surface area contributed by atoms with E-state index in [1.54, 1.807) is 6.07 Å². The van der Waals surface area contributed by atoms with Gasteiger partial charge in [0.25, 0.3) is 0 Å². The van der Waals surface area contributed by atoms with Crippen LogP contribution in [0.25, 0.3) is 0 Å². The first-order valence-electron chi connectivity index (χ1n) is 7.93. The van der Waals surface area contributed by atoms with Crippen LogP contribution in [0.1, 0.15) is 38.2 Å². The van der Waals surface area contributed by atoms with Gasteiger partial charge in [-0.1, -0.05) is 19.4 Å². The first-order valence-corrected chi connectivity index (χ1v) is 7.93. The van der Waals surface area contributed by atoms with Crippen LogP contribution in [0.3, 0.4) is 0 Å². The molecule has 1 aromatic carbocycles. The van der Waals surface area contributed by atoms with Crippen molar-refractivity contribution in [3.8, 4) is 11.5 Å². The lowest BCUT2D eigenvalue weighted by Gasteiger charge is -2.18. The van der Waals surface area contributed by atoms with E-state index in [2.05, 4.69) is 11.8 Å². The van der Waals surface area contributed by atoms with E-state index in [9.17, 15) is 5.11 Å². The average molecular weight is 275 g/mol. The zero-order valence-electron chi connectivity index (χ0n) is 12.3. The fourth-order valence-corrected chi connectivity index (χ4v) is 3.69. The molecule has 3 nitrogen and oxygen atoms in total. The summed E-state index contributed by atoms with van der Waals surface area (Å²) in [4.78, 5) is 2.50. The van der Waals surface area contributed by atoms with Gasteiger partial charge in [0, 0.05) is 31.3 Å². The lowest BCUT2D eigenvalue weighted by Crippen LogP contribution is -2.21. The lowest BCUT2D eigenvalue weighted by atomic mass is 10.0. The molecule has 1 aliphatic carbocycles. The minimum Gasteiger partial charge on any atom is -0.507 e. The number of nitrogens with zero attached hydrogens (tertiary/aromatic N) is 1. The summed E-state index contributed by atoms with van der Waals surface area (Å²) in [6, 6.07) is 5.73. The SMILES string of the molecule is CCCOc1ccc(CN2CC3CCCC3C2)c(O)c1. The number of benzene rings is 1. The molecule has 20 heavy (non-hydrogen) atoms. The molecule has 1 saturated heterocycles. The smallest absolute Gasteiger partial charge is 0.123 e. The Morgan fingerprint density at radius 2 is 2.00 bits per heavy atom. The number of ether oxygens (including phenoxy) is 1. The monoisotopic (exact) mass is 275 g/mol. The molecule has 0 aromatic heterocycles. The van der Waals surface area contributed by atoms with Crippen molar-refractivity contribution in [3.05, 3.63) is 23.8 Å². The average Bonchev–Trinajstić information content (AvgIpc) is 3.00. The molecule has 2 unspecified atom stereocenters. The Balaban J connectivity index is 1.60. The van der Waals surface area contributed by atoms with E-state index in [1.165, 1.54) is 32.4 Å². The molecular formula is C17H25NO2. The third-order valence-electron chi connectivity index (χ3n) is 4.73. The highest BCUT2D eigenvalue weighted by atomic mass is 16.5. The van der Waals surface area contributed by atoms with Crippen LogP contribution in [-0.2, 0) is 6.54 Å². The largest absolute Gasteiger partial charge is 0.507 e. The van der Waals surface area contributed by atoms with Crippen molar-refractivity contribution in [3.63, 3.8) is 0 Å². The van der Waals surface area contributed by atoms with Crippen LogP contribution in [0.15, 0.2) is 18.2 Å². The number of likely N-dealkylation sites (tertiary alicyclic amines) is 1. The Morgan fingerprint density at radius 1 is 1.25 bits per heavy atom. The van der Waals surface area contributed by atoms with E-state index < -0.39 is 0 Å². The van der Waals surface area contributed by atoms with Crippen LogP contribution in [0.5, 0.6) is 11.5 Å². The fourth-order valence-electron chi connectivity index (χ4n) is 3.69. The Hall–Kier alpha value is -1.22. The van der Waals surface area contributed by atoms with Gasteiger partial charge in [-0.05, 0) is 37.2 Å². The van der Waals surface area contributed by atoms with Crippen molar-refractivity contribution in [2.45, 2.75) is 39.2 Å². The summed E-state index contributed by atoms with van der Waals surface area (Å²) >= 11 is 0. The molecule has 2 atom stereocenters. The van der Waals surface area contributed by atoms with Gasteiger partial charge < -0.3 is 9.84 Å². The second-order valence-electron chi connectivity index (χ2n) is 6.28. The minimum atomic E-state index is 0.371. The van der Waals surface area contributed by atoms with Crippen molar-refractivity contribution >= 4 is 0 Å². The van der Waals surface area contributed by atoms with Crippen LogP contribution in [0.4, 0.5) is 0 Å². The topological polar surface area (TPSA) is 32.7 Å². The van der Waals surface area contributed by atoms with E-state index in [4.69, 9.17) is 4.74 Å². The quantitative estimate of drug-likeness (QED) is 0.894. The first-order chi connectivity index (χ1) is 9.76. The van der Waals surface area contributed by atoms with Gasteiger partial charge in [0.05, 0.1) is 6.61 Å². The molecule has 1 aromatic rings. The number of phenols is 1. The third-order valence-corrected chi connectivity index (χ3v) is 4.73. The Morgan fingerprint density at radius 3 is 2.65 bits per heavy atom. The third kappa shape index (κ3) is 2.93. The molecule has 110 valence electrons. The number of rotatable bonds is 5. The number of hydrogen-bond acceptors (Lipinski definition) is 3. The van der Waals surface area contributed by atoms with Crippen molar-refractivity contribution in [2.24, 2.45) is 11.8 Å². The van der Waals surface area contributed by atoms with E-state index in [0.717, 1.165) is 36.1 Å². The number of hydrogen-bond donors (Lipinski definition) is 1. The molecule has 0 amide bonds. The molecule has 0 bridgehead atoms. The van der Waals surface area contributed by atoms with E-state index >= 15 is 0 Å². The minimum absolute atomic E-state index is 0.371. The zero-order valence-corrected chi connectivity index (χ0v) is 12.3. The Bertz CT molecular complexity index is 448. The van der Waals surface area contributed by atoms with Gasteiger partial charge >= 0.3 is 0 Å². The molecule has 1 N–H and O–H groups in total. The molecule has 3 rings (SSSR count). The predicted molar refractivity (Wildman–Crippen MR) is 80.0 cm³/mol. The van der Waals surface area contributed by atoms with Crippen molar-refractivity contribution in [1.29, 1.82) is 0 Å². The highest BCUT2D eigenvalue weighted by molar-refractivity contribution is 5.39. The molecule has 0 spiro atoms. The maximum atomic E-state index is 10.1. The second kappa shape index (κ2) is 6.04. The van der Waals surface area contributed by atoms with Gasteiger partial charge in [-0.25, -0.2) is 0 Å². The maximum Gasteiger partial charge on any atom is 0.123 e. The summed E-state index contributed by atoms with van der Waals surface area (Å²) in [5, 5.41) is 10.1. The van der Waals surface area contributed by atoms with Crippen molar-refractivity contribution < 1.29 is 9.84 Å².